The van der Waals surface area contributed by atoms with E-state index in [0.717, 1.165) is 0 Å². The Balaban J connectivity index is 2.06. The third-order valence-corrected chi connectivity index (χ3v) is 3.11. The molecule has 0 spiro atoms. The number of halogens is 1. The molecule has 0 aliphatic heterocycles. The van der Waals surface area contributed by atoms with Crippen LogP contribution < -0.4 is 5.43 Å². The molecular weight excluding hydrogens is 350 g/mol. The first kappa shape index (κ1) is 18.5. The van der Waals surface area contributed by atoms with Crippen molar-refractivity contribution in [2.45, 2.75) is 26.4 Å². The van der Waals surface area contributed by atoms with Crippen molar-refractivity contribution in [2.24, 2.45) is 5.10 Å². The average Bonchev–Trinajstić information content (AvgIpc) is 2.93. The third kappa shape index (κ3) is 5.32. The van der Waals surface area contributed by atoms with Crippen molar-refractivity contribution in [3.63, 3.8) is 0 Å². The van der Waals surface area contributed by atoms with Gasteiger partial charge in [0, 0.05) is 17.7 Å². The van der Waals surface area contributed by atoms with Crippen LogP contribution in [-0.4, -0.2) is 22.8 Å². The number of amides is 1. The minimum Gasteiger partial charge on any atom is -0.455 e. The molecule has 2 aromatic rings. The number of non-ortho nitro benzene ring substituents is 1. The largest absolute Gasteiger partial charge is 0.455 e. The summed E-state index contributed by atoms with van der Waals surface area (Å²) >= 11 is 6.05. The van der Waals surface area contributed by atoms with Crippen molar-refractivity contribution >= 4 is 29.6 Å². The van der Waals surface area contributed by atoms with Crippen molar-refractivity contribution in [3.8, 4) is 11.3 Å². The van der Waals surface area contributed by atoms with E-state index in [2.05, 4.69) is 10.5 Å². The lowest BCUT2D eigenvalue weighted by Crippen LogP contribution is -2.29. The van der Waals surface area contributed by atoms with Gasteiger partial charge >= 0.3 is 6.09 Å². The van der Waals surface area contributed by atoms with E-state index in [1.807, 2.05) is 0 Å². The summed E-state index contributed by atoms with van der Waals surface area (Å²) in [7, 11) is 0. The first-order valence-corrected chi connectivity index (χ1v) is 7.60. The van der Waals surface area contributed by atoms with Crippen LogP contribution in [0.4, 0.5) is 10.5 Å². The number of nitro benzene ring substituents is 1. The van der Waals surface area contributed by atoms with Crippen LogP contribution in [-0.2, 0) is 4.74 Å². The van der Waals surface area contributed by atoms with E-state index in [4.69, 9.17) is 20.8 Å². The second-order valence-electron chi connectivity index (χ2n) is 6.00. The second-order valence-corrected chi connectivity index (χ2v) is 6.40. The molecule has 1 amide bonds. The maximum absolute atomic E-state index is 11.5. The fourth-order valence-electron chi connectivity index (χ4n) is 1.83. The van der Waals surface area contributed by atoms with E-state index in [0.29, 0.717) is 17.1 Å². The molecule has 9 heteroatoms. The number of carbonyl (C=O) groups is 1. The number of nitrogens with zero attached hydrogens (tertiary/aromatic N) is 2. The van der Waals surface area contributed by atoms with Crippen LogP contribution in [0.2, 0.25) is 5.02 Å². The molecule has 132 valence electrons. The van der Waals surface area contributed by atoms with Crippen LogP contribution >= 0.6 is 11.6 Å². The van der Waals surface area contributed by atoms with Crippen LogP contribution in [0.25, 0.3) is 11.3 Å². The quantitative estimate of drug-likeness (QED) is 0.492. The normalized spacial score (nSPS) is 11.5. The van der Waals surface area contributed by atoms with E-state index >= 15 is 0 Å². The molecule has 1 aromatic heterocycles. The van der Waals surface area contributed by atoms with Gasteiger partial charge in [0.15, 0.2) is 0 Å². The molecule has 0 fully saturated rings. The Kier molecular flexibility index (Phi) is 5.43. The fraction of sp³-hybridized carbons (Fsp3) is 0.250. The standard InChI is InChI=1S/C16H16ClN3O5/c1-16(2,3)25-15(21)19-18-9-11-5-7-14(24-11)12-6-4-10(20(22)23)8-13(12)17/h4-9H,1-3H3,(H,19,21). The maximum Gasteiger partial charge on any atom is 0.428 e. The van der Waals surface area contributed by atoms with Gasteiger partial charge in [-0.3, -0.25) is 10.1 Å². The molecule has 1 N–H and O–H groups in total. The van der Waals surface area contributed by atoms with Gasteiger partial charge in [-0.2, -0.15) is 5.10 Å². The summed E-state index contributed by atoms with van der Waals surface area (Å²) in [6.07, 6.45) is 0.612. The summed E-state index contributed by atoms with van der Waals surface area (Å²) in [4.78, 5) is 21.7. The monoisotopic (exact) mass is 365 g/mol. The lowest BCUT2D eigenvalue weighted by molar-refractivity contribution is -0.384. The SMILES string of the molecule is CC(C)(C)OC(=O)NN=Cc1ccc(-c2ccc([N+](=O)[O-])cc2Cl)o1. The average molecular weight is 366 g/mol. The molecule has 0 radical (unpaired) electrons. The number of hydrazone groups is 1. The lowest BCUT2D eigenvalue weighted by Gasteiger charge is -2.18. The van der Waals surface area contributed by atoms with Crippen LogP contribution in [0.1, 0.15) is 26.5 Å². The molecule has 0 aliphatic carbocycles. The molecule has 25 heavy (non-hydrogen) atoms. The van der Waals surface area contributed by atoms with E-state index in [1.165, 1.54) is 24.4 Å². The second kappa shape index (κ2) is 7.35. The highest BCUT2D eigenvalue weighted by Gasteiger charge is 2.16. The number of rotatable bonds is 4. The van der Waals surface area contributed by atoms with Gasteiger partial charge in [-0.1, -0.05) is 11.6 Å². The highest BCUT2D eigenvalue weighted by atomic mass is 35.5. The topological polar surface area (TPSA) is 107 Å². The molecule has 1 heterocycles. The summed E-state index contributed by atoms with van der Waals surface area (Å²) in [6, 6.07) is 7.34. The van der Waals surface area contributed by atoms with Crippen LogP contribution in [0.15, 0.2) is 39.9 Å². The summed E-state index contributed by atoms with van der Waals surface area (Å²) < 4.78 is 10.6. The highest BCUT2D eigenvalue weighted by molar-refractivity contribution is 6.33. The number of hydrogen-bond donors (Lipinski definition) is 1. The molecule has 0 bridgehead atoms. The molecule has 1 aromatic carbocycles. The van der Waals surface area contributed by atoms with Crippen LogP contribution in [0.3, 0.4) is 0 Å². The maximum atomic E-state index is 11.5. The Labute approximate surface area is 148 Å². The number of benzene rings is 1. The van der Waals surface area contributed by atoms with E-state index < -0.39 is 16.6 Å². The van der Waals surface area contributed by atoms with Crippen LogP contribution in [0, 0.1) is 10.1 Å². The van der Waals surface area contributed by atoms with Crippen molar-refractivity contribution in [1.29, 1.82) is 0 Å². The number of carbonyl (C=O) groups excluding carboxylic acids is 1. The zero-order valence-electron chi connectivity index (χ0n) is 13.8. The zero-order valence-corrected chi connectivity index (χ0v) is 14.5. The summed E-state index contributed by atoms with van der Waals surface area (Å²) in [6.45, 7) is 5.22. The van der Waals surface area contributed by atoms with Gasteiger partial charge in [0.2, 0.25) is 0 Å². The predicted molar refractivity (Wildman–Crippen MR) is 92.8 cm³/mol. The fourth-order valence-corrected chi connectivity index (χ4v) is 2.10. The van der Waals surface area contributed by atoms with Crippen molar-refractivity contribution in [3.05, 3.63) is 51.2 Å². The lowest BCUT2D eigenvalue weighted by atomic mass is 10.1. The van der Waals surface area contributed by atoms with Crippen molar-refractivity contribution in [1.82, 2.24) is 5.43 Å². The van der Waals surface area contributed by atoms with Gasteiger partial charge in [0.05, 0.1) is 16.2 Å². The van der Waals surface area contributed by atoms with Gasteiger partial charge in [-0.05, 0) is 39.0 Å². The number of nitrogens with one attached hydrogen (secondary N) is 1. The van der Waals surface area contributed by atoms with Gasteiger partial charge in [0.25, 0.3) is 5.69 Å². The summed E-state index contributed by atoms with van der Waals surface area (Å²) in [5.41, 5.74) is 1.99. The van der Waals surface area contributed by atoms with Crippen molar-refractivity contribution in [2.75, 3.05) is 0 Å². The van der Waals surface area contributed by atoms with E-state index in [-0.39, 0.29) is 10.7 Å². The first-order chi connectivity index (χ1) is 11.7. The number of nitro groups is 1. The van der Waals surface area contributed by atoms with Gasteiger partial charge in [0.1, 0.15) is 17.1 Å². The van der Waals surface area contributed by atoms with E-state index in [9.17, 15) is 14.9 Å². The smallest absolute Gasteiger partial charge is 0.428 e. The molecule has 8 nitrogen and oxygen atoms in total. The zero-order chi connectivity index (χ0) is 18.6. The Morgan fingerprint density at radius 3 is 2.68 bits per heavy atom. The minimum atomic E-state index is -0.686. The van der Waals surface area contributed by atoms with Gasteiger partial charge in [-0.25, -0.2) is 10.2 Å². The molecule has 0 saturated heterocycles. The molecular formula is C16H16ClN3O5. The number of ether oxygens (including phenoxy) is 1. The number of hydrogen-bond acceptors (Lipinski definition) is 6. The summed E-state index contributed by atoms with van der Waals surface area (Å²) in [5, 5.41) is 14.6. The van der Waals surface area contributed by atoms with E-state index in [1.54, 1.807) is 32.9 Å². The van der Waals surface area contributed by atoms with Gasteiger partial charge in [-0.15, -0.1) is 0 Å². The first-order valence-electron chi connectivity index (χ1n) is 7.22. The molecule has 0 saturated carbocycles. The Morgan fingerprint density at radius 1 is 1.36 bits per heavy atom. The summed E-state index contributed by atoms with van der Waals surface area (Å²) in [5.74, 6) is 0.777. The predicted octanol–water partition coefficient (Wildman–Crippen LogP) is 4.37. The minimum absolute atomic E-state index is 0.108. The van der Waals surface area contributed by atoms with Gasteiger partial charge < -0.3 is 9.15 Å². The molecule has 0 unspecified atom stereocenters. The Bertz CT molecular complexity index is 823. The Hall–Kier alpha value is -2.87. The third-order valence-electron chi connectivity index (χ3n) is 2.80. The molecule has 2 rings (SSSR count). The highest BCUT2D eigenvalue weighted by Crippen LogP contribution is 2.31. The van der Waals surface area contributed by atoms with Crippen molar-refractivity contribution < 1.29 is 18.9 Å². The van der Waals surface area contributed by atoms with Crippen LogP contribution in [0.5, 0.6) is 0 Å². The molecule has 0 atom stereocenters. The number of furan rings is 1. The Morgan fingerprint density at radius 2 is 2.08 bits per heavy atom. The molecule has 0 aliphatic rings.